The fraction of sp³-hybridized carbons (Fsp3) is 0.250. The van der Waals surface area contributed by atoms with Crippen LogP contribution in [0.4, 0.5) is 5.69 Å². The zero-order valence-corrected chi connectivity index (χ0v) is 13.6. The minimum absolute atomic E-state index is 0.0283. The number of nitrogens with one attached hydrogen (secondary N) is 1. The van der Waals surface area contributed by atoms with E-state index in [1.165, 1.54) is 12.1 Å². The molecule has 0 amide bonds. The van der Waals surface area contributed by atoms with E-state index in [-0.39, 0.29) is 27.2 Å². The van der Waals surface area contributed by atoms with Crippen molar-refractivity contribution < 1.29 is 12.9 Å². The van der Waals surface area contributed by atoms with Crippen LogP contribution in [0.2, 0.25) is 10.0 Å². The van der Waals surface area contributed by atoms with Gasteiger partial charge in [-0.25, -0.2) is 13.1 Å². The van der Waals surface area contributed by atoms with Crippen LogP contribution in [-0.4, -0.2) is 13.6 Å². The molecule has 0 radical (unpaired) electrons. The van der Waals surface area contributed by atoms with Crippen molar-refractivity contribution in [3.05, 3.63) is 39.2 Å². The van der Waals surface area contributed by atoms with Crippen molar-refractivity contribution in [3.63, 3.8) is 0 Å². The van der Waals surface area contributed by atoms with E-state index in [9.17, 15) is 8.42 Å². The molecule has 21 heavy (non-hydrogen) atoms. The largest absolute Gasteiger partial charge is 0.399 e. The molecule has 0 atom stereocenters. The van der Waals surface area contributed by atoms with Gasteiger partial charge in [-0.1, -0.05) is 28.4 Å². The summed E-state index contributed by atoms with van der Waals surface area (Å²) in [5, 5.41) is 3.69. The second-order valence-corrected chi connectivity index (χ2v) is 6.96. The summed E-state index contributed by atoms with van der Waals surface area (Å²) < 4.78 is 32.1. The molecule has 0 bridgehead atoms. The van der Waals surface area contributed by atoms with Crippen LogP contribution < -0.4 is 10.5 Å². The Bertz CT molecular complexity index is 745. The highest BCUT2D eigenvalue weighted by atomic mass is 35.5. The molecule has 2 rings (SSSR count). The number of rotatable bonds is 4. The first-order valence-electron chi connectivity index (χ1n) is 5.88. The summed E-state index contributed by atoms with van der Waals surface area (Å²) in [6.07, 6.45) is 0. The van der Waals surface area contributed by atoms with Gasteiger partial charge in [0.15, 0.2) is 0 Å². The first-order chi connectivity index (χ1) is 9.72. The second-order valence-electron chi connectivity index (χ2n) is 4.44. The molecule has 2 aromatic rings. The van der Waals surface area contributed by atoms with Gasteiger partial charge in [-0.3, -0.25) is 0 Å². The van der Waals surface area contributed by atoms with Gasteiger partial charge in [0.1, 0.15) is 10.7 Å². The van der Waals surface area contributed by atoms with Crippen molar-refractivity contribution in [3.8, 4) is 0 Å². The SMILES string of the molecule is Cc1noc(C)c1CNS(=O)(=O)c1c(Cl)cc(N)cc1Cl. The van der Waals surface area contributed by atoms with Crippen molar-refractivity contribution >= 4 is 38.9 Å². The van der Waals surface area contributed by atoms with Crippen molar-refractivity contribution in [2.24, 2.45) is 0 Å². The molecule has 1 heterocycles. The topological polar surface area (TPSA) is 98.2 Å². The van der Waals surface area contributed by atoms with Gasteiger partial charge in [-0.2, -0.15) is 0 Å². The predicted molar refractivity (Wildman–Crippen MR) is 80.9 cm³/mol. The quantitative estimate of drug-likeness (QED) is 0.826. The maximum absolute atomic E-state index is 12.3. The third kappa shape index (κ3) is 3.32. The lowest BCUT2D eigenvalue weighted by Crippen LogP contribution is -2.24. The third-order valence-electron chi connectivity index (χ3n) is 2.91. The molecule has 0 saturated carbocycles. The van der Waals surface area contributed by atoms with E-state index in [0.29, 0.717) is 17.0 Å². The standard InChI is InChI=1S/C12H13Cl2N3O3S/c1-6-9(7(2)20-17-6)5-16-21(18,19)12-10(13)3-8(15)4-11(12)14/h3-4,16H,5,15H2,1-2H3. The molecular formula is C12H13Cl2N3O3S. The van der Waals surface area contributed by atoms with E-state index < -0.39 is 10.0 Å². The lowest BCUT2D eigenvalue weighted by Gasteiger charge is -2.10. The molecule has 0 aliphatic rings. The second kappa shape index (κ2) is 5.84. The Balaban J connectivity index is 2.32. The van der Waals surface area contributed by atoms with Crippen molar-refractivity contribution in [1.82, 2.24) is 9.88 Å². The van der Waals surface area contributed by atoms with Gasteiger partial charge >= 0.3 is 0 Å². The van der Waals surface area contributed by atoms with Crippen LogP contribution >= 0.6 is 23.2 Å². The zero-order chi connectivity index (χ0) is 15.8. The monoisotopic (exact) mass is 349 g/mol. The van der Waals surface area contributed by atoms with Gasteiger partial charge in [0.25, 0.3) is 0 Å². The Morgan fingerprint density at radius 2 is 1.86 bits per heavy atom. The Kier molecular flexibility index (Phi) is 4.48. The number of anilines is 1. The Morgan fingerprint density at radius 1 is 1.29 bits per heavy atom. The Labute approximate surface area is 132 Å². The molecule has 3 N–H and O–H groups in total. The molecule has 6 nitrogen and oxygen atoms in total. The smallest absolute Gasteiger partial charge is 0.243 e. The van der Waals surface area contributed by atoms with Gasteiger partial charge in [0.2, 0.25) is 10.0 Å². The number of hydrogen-bond acceptors (Lipinski definition) is 5. The fourth-order valence-corrected chi connectivity index (χ4v) is 4.05. The lowest BCUT2D eigenvalue weighted by atomic mass is 10.2. The molecule has 1 aromatic heterocycles. The first-order valence-corrected chi connectivity index (χ1v) is 8.12. The number of nitrogens with two attached hydrogens (primary N) is 1. The number of aryl methyl sites for hydroxylation is 2. The minimum atomic E-state index is -3.89. The van der Waals surface area contributed by atoms with Gasteiger partial charge in [0, 0.05) is 17.8 Å². The molecule has 114 valence electrons. The number of benzene rings is 1. The molecule has 0 spiro atoms. The molecule has 0 unspecified atom stereocenters. The van der Waals surface area contributed by atoms with E-state index in [1.807, 2.05) is 0 Å². The summed E-state index contributed by atoms with van der Waals surface area (Å²) in [4.78, 5) is -0.202. The summed E-state index contributed by atoms with van der Waals surface area (Å²) in [5.41, 5.74) is 7.13. The number of sulfonamides is 1. The minimum Gasteiger partial charge on any atom is -0.399 e. The van der Waals surface area contributed by atoms with Gasteiger partial charge in [-0.15, -0.1) is 0 Å². The molecular weight excluding hydrogens is 337 g/mol. The van der Waals surface area contributed by atoms with Crippen LogP contribution in [0, 0.1) is 13.8 Å². The van der Waals surface area contributed by atoms with Crippen LogP contribution in [0.5, 0.6) is 0 Å². The summed E-state index contributed by atoms with van der Waals surface area (Å²) in [5.74, 6) is 0.546. The normalized spacial score (nSPS) is 11.8. The van der Waals surface area contributed by atoms with E-state index in [1.54, 1.807) is 13.8 Å². The number of halogens is 2. The first kappa shape index (κ1) is 16.1. The number of aromatic nitrogens is 1. The maximum Gasteiger partial charge on any atom is 0.243 e. The number of nitrogen functional groups attached to an aromatic ring is 1. The zero-order valence-electron chi connectivity index (χ0n) is 11.3. The van der Waals surface area contributed by atoms with E-state index in [2.05, 4.69) is 9.88 Å². The number of hydrogen-bond donors (Lipinski definition) is 2. The average Bonchev–Trinajstić information content (AvgIpc) is 2.65. The van der Waals surface area contributed by atoms with Crippen molar-refractivity contribution in [2.45, 2.75) is 25.3 Å². The molecule has 9 heteroatoms. The highest BCUT2D eigenvalue weighted by Gasteiger charge is 2.23. The van der Waals surface area contributed by atoms with Crippen molar-refractivity contribution in [1.29, 1.82) is 0 Å². The Morgan fingerprint density at radius 3 is 2.33 bits per heavy atom. The van der Waals surface area contributed by atoms with Crippen LogP contribution in [0.1, 0.15) is 17.0 Å². The molecule has 0 fully saturated rings. The van der Waals surface area contributed by atoms with Crippen LogP contribution in [-0.2, 0) is 16.6 Å². The van der Waals surface area contributed by atoms with Crippen LogP contribution in [0.3, 0.4) is 0 Å². The van der Waals surface area contributed by atoms with Gasteiger partial charge < -0.3 is 10.3 Å². The molecule has 1 aromatic carbocycles. The van der Waals surface area contributed by atoms with E-state index in [0.717, 1.165) is 0 Å². The summed E-state index contributed by atoms with van der Waals surface area (Å²) in [6.45, 7) is 3.46. The summed E-state index contributed by atoms with van der Waals surface area (Å²) in [6, 6.07) is 2.66. The van der Waals surface area contributed by atoms with Crippen LogP contribution in [0.25, 0.3) is 0 Å². The maximum atomic E-state index is 12.3. The molecule has 0 aliphatic carbocycles. The highest BCUT2D eigenvalue weighted by Crippen LogP contribution is 2.31. The summed E-state index contributed by atoms with van der Waals surface area (Å²) in [7, 11) is -3.89. The van der Waals surface area contributed by atoms with E-state index in [4.69, 9.17) is 33.5 Å². The molecule has 0 aliphatic heterocycles. The highest BCUT2D eigenvalue weighted by molar-refractivity contribution is 7.89. The Hall–Kier alpha value is -1.28. The molecule has 0 saturated heterocycles. The van der Waals surface area contributed by atoms with E-state index >= 15 is 0 Å². The fourth-order valence-electron chi connectivity index (χ4n) is 1.83. The van der Waals surface area contributed by atoms with Gasteiger partial charge in [0.05, 0.1) is 15.7 Å². The van der Waals surface area contributed by atoms with Gasteiger partial charge in [-0.05, 0) is 26.0 Å². The number of nitrogens with zero attached hydrogens (tertiary/aromatic N) is 1. The summed E-state index contributed by atoms with van der Waals surface area (Å²) >= 11 is 11.9. The van der Waals surface area contributed by atoms with Crippen molar-refractivity contribution in [2.75, 3.05) is 5.73 Å². The van der Waals surface area contributed by atoms with Crippen LogP contribution in [0.15, 0.2) is 21.6 Å². The average molecular weight is 350 g/mol. The predicted octanol–water partition coefficient (Wildman–Crippen LogP) is 2.66. The lowest BCUT2D eigenvalue weighted by molar-refractivity contribution is 0.392. The third-order valence-corrected chi connectivity index (χ3v) is 5.23.